The van der Waals surface area contributed by atoms with E-state index in [0.717, 1.165) is 83.5 Å². The molecule has 0 saturated heterocycles. The largest absolute Gasteiger partial charge is 0.472 e. The Balaban J connectivity index is 4.02. The third kappa shape index (κ3) is 68.6. The van der Waals surface area contributed by atoms with Gasteiger partial charge in [0, 0.05) is 6.42 Å². The molecule has 0 radical (unpaired) electrons. The molecule has 0 rings (SSSR count). The van der Waals surface area contributed by atoms with Gasteiger partial charge in [0.25, 0.3) is 0 Å². The fourth-order valence-electron chi connectivity index (χ4n) is 10.4. The van der Waals surface area contributed by atoms with Gasteiger partial charge in [-0.2, -0.15) is 0 Å². The number of rotatable bonds is 66. The van der Waals surface area contributed by atoms with Crippen molar-refractivity contribution in [2.75, 3.05) is 40.9 Å². The van der Waals surface area contributed by atoms with E-state index in [4.69, 9.17) is 9.05 Å². The number of aliphatic hydroxyl groups excluding tert-OH is 1. The minimum absolute atomic E-state index is 0.0517. The lowest BCUT2D eigenvalue weighted by Gasteiger charge is -2.25. The van der Waals surface area contributed by atoms with Crippen LogP contribution in [0.5, 0.6) is 0 Å². The van der Waals surface area contributed by atoms with Crippen LogP contribution < -0.4 is 5.32 Å². The van der Waals surface area contributed by atoms with Gasteiger partial charge in [-0.25, -0.2) is 4.57 Å². The van der Waals surface area contributed by atoms with Crippen LogP contribution in [0.25, 0.3) is 0 Å². The Bertz CT molecular complexity index is 1770. The van der Waals surface area contributed by atoms with Crippen LogP contribution in [0.15, 0.2) is 109 Å². The summed E-state index contributed by atoms with van der Waals surface area (Å²) in [6.07, 6.45) is 98.3. The van der Waals surface area contributed by atoms with E-state index < -0.39 is 20.0 Å². The number of amides is 1. The second-order valence-electron chi connectivity index (χ2n) is 25.6. The molecule has 9 heteroatoms. The van der Waals surface area contributed by atoms with Crippen molar-refractivity contribution in [1.29, 1.82) is 0 Å². The number of hydrogen-bond donors (Lipinski definition) is 3. The summed E-state index contributed by atoms with van der Waals surface area (Å²) in [5, 5.41) is 14.0. The number of nitrogens with one attached hydrogen (secondary N) is 1. The fraction of sp³-hybridized carbons (Fsp3) is 0.753. The number of carbonyl (C=O) groups is 1. The van der Waals surface area contributed by atoms with Crippen LogP contribution in [-0.2, 0) is 18.4 Å². The summed E-state index contributed by atoms with van der Waals surface area (Å²) in [6, 6.07) is -0.875. The first kappa shape index (κ1) is 83.2. The van der Waals surface area contributed by atoms with Crippen molar-refractivity contribution in [3.05, 3.63) is 109 Å². The number of allylic oxidation sites excluding steroid dienone is 17. The number of phosphoric acid groups is 1. The van der Waals surface area contributed by atoms with Gasteiger partial charge in [0.15, 0.2) is 0 Å². The highest BCUT2D eigenvalue weighted by molar-refractivity contribution is 7.47. The lowest BCUT2D eigenvalue weighted by molar-refractivity contribution is -0.870. The van der Waals surface area contributed by atoms with Gasteiger partial charge in [0.05, 0.1) is 39.9 Å². The van der Waals surface area contributed by atoms with Crippen LogP contribution in [0, 0.1) is 0 Å². The minimum atomic E-state index is -4.37. The number of aliphatic hydroxyl groups is 1. The standard InChI is InChI=1S/C77H139N2O6P/c1-6-8-10-12-14-16-18-20-22-24-26-28-30-31-32-33-34-35-36-37-38-39-40-41-42-43-44-45-46-47-49-51-53-55-57-59-61-63-65-67-69-71-77(81)78-75(74-85-86(82,83)84-73-72-79(3,4)5)76(80)70-68-66-64-62-60-58-56-54-52-50-48-29-27-25-23-21-19-17-15-13-11-9-7-2/h8,10,14,16,20,22,26,28,31-32,34-35,52,54,60,62,68,70,75-76,80H,6-7,9,11-13,15,17-19,21,23-25,27,29-30,33,36-51,53,55-59,61,63-67,69,71-74H2,1-5H3,(H-,78,81,82,83)/p+1/b10-8-,16-14-,22-20-,28-26-,32-31-,35-34-,54-52+,62-60+,70-68+. The molecule has 3 unspecified atom stereocenters. The number of likely N-dealkylation sites (N-methyl/N-ethyl adjacent to an activating group) is 1. The van der Waals surface area contributed by atoms with Crippen molar-refractivity contribution in [2.45, 2.75) is 334 Å². The van der Waals surface area contributed by atoms with Gasteiger partial charge in [-0.1, -0.05) is 329 Å². The highest BCUT2D eigenvalue weighted by Gasteiger charge is 2.28. The summed E-state index contributed by atoms with van der Waals surface area (Å²) < 4.78 is 23.8. The van der Waals surface area contributed by atoms with Crippen LogP contribution >= 0.6 is 7.82 Å². The first-order valence-corrected chi connectivity index (χ1v) is 37.8. The SMILES string of the molecule is CC/C=C\C/C=C\C/C=C\C/C=C\C/C=C\C/C=C\CCCCCCCCCCCCCCCCCCCCCCCCC(=O)NC(COP(=O)(O)OCC[N+](C)(C)C)C(O)/C=C/CC/C=C/CC/C=C/CCCCCCCCCCCCCCC. The van der Waals surface area contributed by atoms with Crippen LogP contribution in [0.1, 0.15) is 322 Å². The minimum Gasteiger partial charge on any atom is -0.387 e. The van der Waals surface area contributed by atoms with Gasteiger partial charge < -0.3 is 19.8 Å². The normalized spacial score (nSPS) is 14.3. The quantitative estimate of drug-likeness (QED) is 0.0243. The summed E-state index contributed by atoms with van der Waals surface area (Å²) in [5.41, 5.74) is 0. The average molecular weight is 1220 g/mol. The third-order valence-corrected chi connectivity index (χ3v) is 16.9. The molecule has 0 aromatic heterocycles. The highest BCUT2D eigenvalue weighted by atomic mass is 31.2. The van der Waals surface area contributed by atoms with E-state index in [-0.39, 0.29) is 19.1 Å². The molecule has 0 fully saturated rings. The maximum absolute atomic E-state index is 13.1. The number of hydrogen-bond acceptors (Lipinski definition) is 5. The van der Waals surface area contributed by atoms with E-state index in [1.807, 2.05) is 27.2 Å². The number of unbranched alkanes of at least 4 members (excludes halogenated alkanes) is 37. The van der Waals surface area contributed by atoms with E-state index in [1.165, 1.54) is 218 Å². The van der Waals surface area contributed by atoms with Gasteiger partial charge in [-0.15, -0.1) is 0 Å². The predicted molar refractivity (Wildman–Crippen MR) is 378 cm³/mol. The van der Waals surface area contributed by atoms with Crippen molar-refractivity contribution in [2.24, 2.45) is 0 Å². The van der Waals surface area contributed by atoms with Crippen LogP contribution in [0.3, 0.4) is 0 Å². The summed E-state index contributed by atoms with van der Waals surface area (Å²) in [5.74, 6) is -0.188. The van der Waals surface area contributed by atoms with E-state index in [0.29, 0.717) is 17.4 Å². The van der Waals surface area contributed by atoms with Crippen molar-refractivity contribution in [1.82, 2.24) is 5.32 Å². The molecule has 0 heterocycles. The van der Waals surface area contributed by atoms with Gasteiger partial charge in [0.2, 0.25) is 5.91 Å². The molecule has 3 atom stereocenters. The summed E-state index contributed by atoms with van der Waals surface area (Å²) >= 11 is 0. The lowest BCUT2D eigenvalue weighted by Crippen LogP contribution is -2.45. The zero-order chi connectivity index (χ0) is 62.6. The number of quaternary nitrogens is 1. The molecular formula is C77H140N2O6P+. The molecule has 0 aliphatic rings. The average Bonchev–Trinajstić information content (AvgIpc) is 3.70. The molecule has 0 aliphatic heterocycles. The topological polar surface area (TPSA) is 105 Å². The molecule has 8 nitrogen and oxygen atoms in total. The molecule has 0 aromatic rings. The van der Waals surface area contributed by atoms with E-state index in [9.17, 15) is 19.4 Å². The third-order valence-electron chi connectivity index (χ3n) is 16.0. The molecular weight excluding hydrogens is 1080 g/mol. The predicted octanol–water partition coefficient (Wildman–Crippen LogP) is 23.4. The van der Waals surface area contributed by atoms with E-state index in [1.54, 1.807) is 6.08 Å². The van der Waals surface area contributed by atoms with Gasteiger partial charge in [-0.3, -0.25) is 13.8 Å². The Hall–Kier alpha value is -2.84. The van der Waals surface area contributed by atoms with Gasteiger partial charge >= 0.3 is 7.82 Å². The number of nitrogens with zero attached hydrogens (tertiary/aromatic N) is 1. The molecule has 498 valence electrons. The second-order valence-corrected chi connectivity index (χ2v) is 27.0. The Labute approximate surface area is 533 Å². The summed E-state index contributed by atoms with van der Waals surface area (Å²) in [7, 11) is 1.55. The maximum Gasteiger partial charge on any atom is 0.472 e. The van der Waals surface area contributed by atoms with Crippen molar-refractivity contribution >= 4 is 13.7 Å². The summed E-state index contributed by atoms with van der Waals surface area (Å²) in [4.78, 5) is 23.4. The number of phosphoric ester groups is 1. The second kappa shape index (κ2) is 66.6. The molecule has 86 heavy (non-hydrogen) atoms. The summed E-state index contributed by atoms with van der Waals surface area (Å²) in [6.45, 7) is 4.70. The molecule has 0 bridgehead atoms. The monoisotopic (exact) mass is 1220 g/mol. The van der Waals surface area contributed by atoms with Crippen molar-refractivity contribution < 1.29 is 32.9 Å². The Morgan fingerprint density at radius 2 is 0.709 bits per heavy atom. The zero-order valence-electron chi connectivity index (χ0n) is 57.0. The Kier molecular flexibility index (Phi) is 64.4. The van der Waals surface area contributed by atoms with Gasteiger partial charge in [-0.05, 0) is 96.3 Å². The molecule has 0 aromatic carbocycles. The van der Waals surface area contributed by atoms with E-state index in [2.05, 4.69) is 116 Å². The van der Waals surface area contributed by atoms with Crippen molar-refractivity contribution in [3.63, 3.8) is 0 Å². The Morgan fingerprint density at radius 3 is 1.07 bits per heavy atom. The first-order valence-electron chi connectivity index (χ1n) is 36.3. The highest BCUT2D eigenvalue weighted by Crippen LogP contribution is 2.43. The van der Waals surface area contributed by atoms with Crippen LogP contribution in [0.2, 0.25) is 0 Å². The zero-order valence-corrected chi connectivity index (χ0v) is 57.9. The van der Waals surface area contributed by atoms with Gasteiger partial charge in [0.1, 0.15) is 13.2 Å². The van der Waals surface area contributed by atoms with E-state index >= 15 is 0 Å². The van der Waals surface area contributed by atoms with Crippen LogP contribution in [-0.4, -0.2) is 73.4 Å². The smallest absolute Gasteiger partial charge is 0.387 e. The fourth-order valence-corrected chi connectivity index (χ4v) is 11.1. The lowest BCUT2D eigenvalue weighted by atomic mass is 10.0. The Morgan fingerprint density at radius 1 is 0.407 bits per heavy atom. The molecule has 0 saturated carbocycles. The van der Waals surface area contributed by atoms with Crippen LogP contribution in [0.4, 0.5) is 0 Å². The maximum atomic E-state index is 13.1. The molecule has 1 amide bonds. The molecule has 3 N–H and O–H groups in total. The molecule has 0 aliphatic carbocycles. The van der Waals surface area contributed by atoms with Crippen molar-refractivity contribution in [3.8, 4) is 0 Å². The first-order chi connectivity index (χ1) is 42.0. The molecule has 0 spiro atoms. The number of carbonyl (C=O) groups excluding carboxylic acids is 1.